The molecule has 1 saturated heterocycles. The van der Waals surface area contributed by atoms with Crippen molar-refractivity contribution in [2.45, 2.75) is 52.5 Å². The lowest BCUT2D eigenvalue weighted by atomic mass is 9.69. The summed E-state index contributed by atoms with van der Waals surface area (Å²) in [6, 6.07) is -0.419. The van der Waals surface area contributed by atoms with Gasteiger partial charge in [-0.25, -0.2) is 4.79 Å². The second-order valence-electron chi connectivity index (χ2n) is 6.45. The highest BCUT2D eigenvalue weighted by Crippen LogP contribution is 2.38. The van der Waals surface area contributed by atoms with Gasteiger partial charge in [0.1, 0.15) is 6.04 Å². The van der Waals surface area contributed by atoms with E-state index in [0.29, 0.717) is 30.8 Å². The van der Waals surface area contributed by atoms with Crippen LogP contribution in [0.2, 0.25) is 0 Å². The number of hydrogen-bond donors (Lipinski definition) is 1. The van der Waals surface area contributed by atoms with Crippen molar-refractivity contribution >= 4 is 11.9 Å². The average molecular weight is 267 g/mol. The fourth-order valence-electron chi connectivity index (χ4n) is 3.41. The summed E-state index contributed by atoms with van der Waals surface area (Å²) >= 11 is 0. The lowest BCUT2D eigenvalue weighted by Crippen LogP contribution is -2.45. The van der Waals surface area contributed by atoms with E-state index in [9.17, 15) is 9.59 Å². The number of nitrogens with one attached hydrogen (secondary N) is 1. The third kappa shape index (κ3) is 3.28. The molecule has 4 atom stereocenters. The third-order valence-corrected chi connectivity index (χ3v) is 4.61. The van der Waals surface area contributed by atoms with Crippen molar-refractivity contribution in [2.24, 2.45) is 23.7 Å². The summed E-state index contributed by atoms with van der Waals surface area (Å²) in [4.78, 5) is 23.9. The van der Waals surface area contributed by atoms with Gasteiger partial charge in [0.25, 0.3) is 0 Å². The highest BCUT2D eigenvalue weighted by Gasteiger charge is 2.37. The van der Waals surface area contributed by atoms with Gasteiger partial charge in [-0.15, -0.1) is 0 Å². The van der Waals surface area contributed by atoms with E-state index < -0.39 is 6.04 Å². The van der Waals surface area contributed by atoms with Crippen molar-refractivity contribution < 1.29 is 14.3 Å². The summed E-state index contributed by atoms with van der Waals surface area (Å²) in [5.41, 5.74) is 0. The monoisotopic (exact) mass is 267 g/mol. The zero-order chi connectivity index (χ0) is 14.0. The highest BCUT2D eigenvalue weighted by atomic mass is 16.5. The Morgan fingerprint density at radius 2 is 2.05 bits per heavy atom. The van der Waals surface area contributed by atoms with Crippen LogP contribution >= 0.6 is 0 Å². The molecule has 4 nitrogen and oxygen atoms in total. The Kier molecular flexibility index (Phi) is 4.48. The quantitative estimate of drug-likeness (QED) is 0.797. The predicted molar refractivity (Wildman–Crippen MR) is 72.3 cm³/mol. The van der Waals surface area contributed by atoms with E-state index in [2.05, 4.69) is 26.1 Å². The number of ether oxygens (including phenoxy) is 1. The van der Waals surface area contributed by atoms with E-state index in [4.69, 9.17) is 4.74 Å². The van der Waals surface area contributed by atoms with Gasteiger partial charge in [0.15, 0.2) is 0 Å². The van der Waals surface area contributed by atoms with E-state index in [1.165, 1.54) is 6.42 Å². The zero-order valence-corrected chi connectivity index (χ0v) is 12.1. The van der Waals surface area contributed by atoms with Gasteiger partial charge < -0.3 is 10.1 Å². The summed E-state index contributed by atoms with van der Waals surface area (Å²) in [6.45, 7) is 7.01. The van der Waals surface area contributed by atoms with Crippen LogP contribution < -0.4 is 5.32 Å². The van der Waals surface area contributed by atoms with Crippen LogP contribution in [-0.2, 0) is 14.3 Å². The molecule has 0 radical (unpaired) electrons. The van der Waals surface area contributed by atoms with E-state index >= 15 is 0 Å². The van der Waals surface area contributed by atoms with Crippen LogP contribution in [0.4, 0.5) is 0 Å². The molecule has 0 unspecified atom stereocenters. The molecule has 0 bridgehead atoms. The van der Waals surface area contributed by atoms with Crippen LogP contribution in [0.25, 0.3) is 0 Å². The largest absolute Gasteiger partial charge is 0.464 e. The number of carbonyl (C=O) groups is 2. The Morgan fingerprint density at radius 3 is 2.63 bits per heavy atom. The first-order valence-electron chi connectivity index (χ1n) is 7.46. The van der Waals surface area contributed by atoms with E-state index in [0.717, 1.165) is 12.8 Å². The van der Waals surface area contributed by atoms with Gasteiger partial charge in [-0.2, -0.15) is 0 Å². The number of carbonyl (C=O) groups excluding carboxylic acids is 2. The maximum absolute atomic E-state index is 12.4. The zero-order valence-electron chi connectivity index (χ0n) is 12.1. The topological polar surface area (TPSA) is 55.4 Å². The van der Waals surface area contributed by atoms with E-state index in [-0.39, 0.29) is 17.8 Å². The number of esters is 1. The lowest BCUT2D eigenvalue weighted by Gasteiger charge is -2.36. The van der Waals surface area contributed by atoms with Crippen molar-refractivity contribution in [3.8, 4) is 0 Å². The van der Waals surface area contributed by atoms with Crippen molar-refractivity contribution in [3.63, 3.8) is 0 Å². The molecule has 1 aliphatic carbocycles. The molecule has 2 fully saturated rings. The minimum atomic E-state index is -0.419. The van der Waals surface area contributed by atoms with Crippen LogP contribution in [0.3, 0.4) is 0 Å². The first kappa shape index (κ1) is 14.4. The molecule has 1 heterocycles. The molecule has 108 valence electrons. The maximum atomic E-state index is 12.4. The third-order valence-electron chi connectivity index (χ3n) is 4.61. The molecule has 2 rings (SSSR count). The molecule has 1 amide bonds. The standard InChI is InChI=1S/C15H25NO3/c1-9(2)11-5-4-10(3)8-12(11)14(17)16-13-6-7-19-15(13)18/h9-13H,4-8H2,1-3H3,(H,16,17)/t10-,11-,12-,13-/m1/s1. The Morgan fingerprint density at radius 1 is 1.32 bits per heavy atom. The van der Waals surface area contributed by atoms with Crippen LogP contribution in [0.15, 0.2) is 0 Å². The van der Waals surface area contributed by atoms with Gasteiger partial charge in [-0.1, -0.05) is 27.2 Å². The summed E-state index contributed by atoms with van der Waals surface area (Å²) < 4.78 is 4.90. The number of amides is 1. The number of rotatable bonds is 3. The van der Waals surface area contributed by atoms with Gasteiger partial charge in [-0.3, -0.25) is 4.79 Å². The van der Waals surface area contributed by atoms with Crippen molar-refractivity contribution in [1.29, 1.82) is 0 Å². The molecule has 0 aromatic heterocycles. The van der Waals surface area contributed by atoms with Crippen molar-refractivity contribution in [3.05, 3.63) is 0 Å². The van der Waals surface area contributed by atoms with Gasteiger partial charge >= 0.3 is 5.97 Å². The number of hydrogen-bond acceptors (Lipinski definition) is 3. The van der Waals surface area contributed by atoms with Gasteiger partial charge in [0.05, 0.1) is 6.61 Å². The molecule has 0 spiro atoms. The Hall–Kier alpha value is -1.06. The molecule has 2 aliphatic rings. The van der Waals surface area contributed by atoms with Gasteiger partial charge in [-0.05, 0) is 30.6 Å². The van der Waals surface area contributed by atoms with Gasteiger partial charge in [0.2, 0.25) is 5.91 Å². The molecule has 19 heavy (non-hydrogen) atoms. The Balaban J connectivity index is 2.00. The van der Waals surface area contributed by atoms with Crippen LogP contribution in [0, 0.1) is 23.7 Å². The molecular formula is C15H25NO3. The van der Waals surface area contributed by atoms with Crippen LogP contribution in [-0.4, -0.2) is 24.5 Å². The summed E-state index contributed by atoms with van der Waals surface area (Å²) in [6.07, 6.45) is 3.87. The molecule has 1 saturated carbocycles. The predicted octanol–water partition coefficient (Wildman–Crippen LogP) is 2.13. The molecule has 1 aliphatic heterocycles. The molecule has 1 N–H and O–H groups in total. The number of cyclic esters (lactones) is 1. The molecule has 4 heteroatoms. The normalized spacial score (nSPS) is 35.3. The van der Waals surface area contributed by atoms with Gasteiger partial charge in [0, 0.05) is 12.3 Å². The molecular weight excluding hydrogens is 242 g/mol. The fraction of sp³-hybridized carbons (Fsp3) is 0.867. The van der Waals surface area contributed by atoms with Crippen molar-refractivity contribution in [2.75, 3.05) is 6.61 Å². The Bertz CT molecular complexity index is 353. The first-order chi connectivity index (χ1) is 8.99. The lowest BCUT2D eigenvalue weighted by molar-refractivity contribution is -0.142. The highest BCUT2D eigenvalue weighted by molar-refractivity contribution is 5.86. The van der Waals surface area contributed by atoms with E-state index in [1.54, 1.807) is 0 Å². The summed E-state index contributed by atoms with van der Waals surface area (Å²) in [5, 5.41) is 2.89. The SMILES string of the molecule is CC(C)[C@H]1CC[C@@H](C)C[C@H]1C(=O)N[C@@H]1CCOC1=O. The molecule has 0 aromatic carbocycles. The minimum absolute atomic E-state index is 0.0501. The maximum Gasteiger partial charge on any atom is 0.328 e. The smallest absolute Gasteiger partial charge is 0.328 e. The fourth-order valence-corrected chi connectivity index (χ4v) is 3.41. The summed E-state index contributed by atoms with van der Waals surface area (Å²) in [5.74, 6) is 1.37. The Labute approximate surface area is 115 Å². The average Bonchev–Trinajstić information content (AvgIpc) is 2.74. The summed E-state index contributed by atoms with van der Waals surface area (Å²) in [7, 11) is 0. The minimum Gasteiger partial charge on any atom is -0.464 e. The van der Waals surface area contributed by atoms with Crippen LogP contribution in [0.1, 0.15) is 46.5 Å². The first-order valence-corrected chi connectivity index (χ1v) is 7.46. The second kappa shape index (κ2) is 5.93. The molecule has 0 aromatic rings. The second-order valence-corrected chi connectivity index (χ2v) is 6.45. The van der Waals surface area contributed by atoms with E-state index in [1.807, 2.05) is 0 Å². The van der Waals surface area contributed by atoms with Crippen molar-refractivity contribution in [1.82, 2.24) is 5.32 Å². The van der Waals surface area contributed by atoms with Crippen LogP contribution in [0.5, 0.6) is 0 Å².